The lowest BCUT2D eigenvalue weighted by molar-refractivity contribution is 0.0577. The molecular formula is C12H14Cl2O3S. The van der Waals surface area contributed by atoms with Crippen LogP contribution in [-0.4, -0.2) is 26.9 Å². The quantitative estimate of drug-likeness (QED) is 0.806. The lowest BCUT2D eigenvalue weighted by Gasteiger charge is -2.29. The molecule has 0 radical (unpaired) electrons. The van der Waals surface area contributed by atoms with E-state index >= 15 is 0 Å². The zero-order chi connectivity index (χ0) is 13.2. The lowest BCUT2D eigenvalue weighted by Crippen LogP contribution is -2.37. The number of hydrogen-bond donors (Lipinski definition) is 0. The Kier molecular flexibility index (Phi) is 4.54. The van der Waals surface area contributed by atoms with Gasteiger partial charge in [0, 0.05) is 28.2 Å². The van der Waals surface area contributed by atoms with E-state index in [4.69, 9.17) is 27.0 Å². The van der Waals surface area contributed by atoms with Gasteiger partial charge in [0.25, 0.3) is 0 Å². The summed E-state index contributed by atoms with van der Waals surface area (Å²) in [5, 5.41) is 0.0954. The Balaban J connectivity index is 2.18. The monoisotopic (exact) mass is 308 g/mol. The molecule has 1 aliphatic heterocycles. The van der Waals surface area contributed by atoms with Crippen LogP contribution in [0.25, 0.3) is 0 Å². The van der Waals surface area contributed by atoms with Gasteiger partial charge in [-0.25, -0.2) is 8.42 Å². The third-order valence-electron chi connectivity index (χ3n) is 3.21. The van der Waals surface area contributed by atoms with Crippen molar-refractivity contribution in [2.24, 2.45) is 5.92 Å². The fraction of sp³-hybridized carbons (Fsp3) is 0.500. The first kappa shape index (κ1) is 14.1. The maximum absolute atomic E-state index is 11.5. The van der Waals surface area contributed by atoms with Crippen LogP contribution in [0.2, 0.25) is 5.02 Å². The molecule has 1 aliphatic rings. The molecule has 18 heavy (non-hydrogen) atoms. The summed E-state index contributed by atoms with van der Waals surface area (Å²) in [6, 6.07) is 7.42. The molecule has 0 aliphatic carbocycles. The lowest BCUT2D eigenvalue weighted by atomic mass is 9.93. The van der Waals surface area contributed by atoms with E-state index in [9.17, 15) is 8.42 Å². The second-order valence-electron chi connectivity index (χ2n) is 4.43. The van der Waals surface area contributed by atoms with Crippen molar-refractivity contribution in [3.63, 3.8) is 0 Å². The third kappa shape index (κ3) is 3.38. The predicted octanol–water partition coefficient (Wildman–Crippen LogP) is 2.86. The highest BCUT2D eigenvalue weighted by molar-refractivity contribution is 8.14. The molecule has 0 spiro atoms. The van der Waals surface area contributed by atoms with Crippen molar-refractivity contribution in [1.29, 1.82) is 0 Å². The summed E-state index contributed by atoms with van der Waals surface area (Å²) in [5.41, 5.74) is 0.931. The fourth-order valence-electron chi connectivity index (χ4n) is 2.28. The number of rotatable bonds is 3. The van der Waals surface area contributed by atoms with E-state index < -0.39 is 14.3 Å². The van der Waals surface area contributed by atoms with Crippen molar-refractivity contribution in [2.45, 2.75) is 18.1 Å². The standard InChI is InChI=1S/C12H14Cl2O3S/c13-11-4-2-1-3-9(11)7-10-8-17-6-5-12(10)18(14,15)16/h1-4,10,12H,5-8H2/t10-,12-/m0/s1. The SMILES string of the molecule is O=S(=O)(Cl)[C@H]1CCOC[C@@H]1Cc1ccccc1Cl. The molecule has 0 bridgehead atoms. The van der Waals surface area contributed by atoms with Crippen molar-refractivity contribution >= 4 is 31.3 Å². The Morgan fingerprint density at radius 2 is 2.06 bits per heavy atom. The minimum Gasteiger partial charge on any atom is -0.381 e. The third-order valence-corrected chi connectivity index (χ3v) is 5.61. The summed E-state index contributed by atoms with van der Waals surface area (Å²) in [6.07, 6.45) is 1.01. The molecule has 1 fully saturated rings. The molecule has 2 rings (SSSR count). The van der Waals surface area contributed by atoms with E-state index in [-0.39, 0.29) is 5.92 Å². The molecule has 0 saturated carbocycles. The Morgan fingerprint density at radius 1 is 1.33 bits per heavy atom. The van der Waals surface area contributed by atoms with Crippen molar-refractivity contribution in [3.8, 4) is 0 Å². The predicted molar refractivity (Wildman–Crippen MR) is 72.6 cm³/mol. The van der Waals surface area contributed by atoms with Gasteiger partial charge in [-0.3, -0.25) is 0 Å². The van der Waals surface area contributed by atoms with E-state index in [1.54, 1.807) is 6.07 Å². The maximum atomic E-state index is 11.5. The Hall–Kier alpha value is -0.290. The first-order valence-electron chi connectivity index (χ1n) is 5.73. The smallest absolute Gasteiger partial charge is 0.235 e. The van der Waals surface area contributed by atoms with Crippen molar-refractivity contribution in [1.82, 2.24) is 0 Å². The zero-order valence-electron chi connectivity index (χ0n) is 9.68. The zero-order valence-corrected chi connectivity index (χ0v) is 12.0. The minimum atomic E-state index is -3.56. The van der Waals surface area contributed by atoms with Crippen molar-refractivity contribution in [2.75, 3.05) is 13.2 Å². The van der Waals surface area contributed by atoms with Crippen LogP contribution in [-0.2, 0) is 20.2 Å². The molecule has 2 atom stereocenters. The van der Waals surface area contributed by atoms with E-state index in [0.29, 0.717) is 31.1 Å². The molecule has 6 heteroatoms. The normalized spacial score (nSPS) is 25.0. The molecule has 1 aromatic carbocycles. The van der Waals surface area contributed by atoms with Crippen molar-refractivity contribution < 1.29 is 13.2 Å². The van der Waals surface area contributed by atoms with Crippen LogP contribution < -0.4 is 0 Å². The highest BCUT2D eigenvalue weighted by Gasteiger charge is 2.35. The van der Waals surface area contributed by atoms with Crippen LogP contribution in [0, 0.1) is 5.92 Å². The number of ether oxygens (including phenoxy) is 1. The van der Waals surface area contributed by atoms with E-state index in [1.165, 1.54) is 0 Å². The van der Waals surface area contributed by atoms with Gasteiger partial charge in [-0.15, -0.1) is 0 Å². The van der Waals surface area contributed by atoms with E-state index in [2.05, 4.69) is 0 Å². The molecule has 0 amide bonds. The van der Waals surface area contributed by atoms with Gasteiger partial charge < -0.3 is 4.74 Å². The van der Waals surface area contributed by atoms with Gasteiger partial charge in [-0.1, -0.05) is 29.8 Å². The van der Waals surface area contributed by atoms with Gasteiger partial charge >= 0.3 is 0 Å². The summed E-state index contributed by atoms with van der Waals surface area (Å²) < 4.78 is 28.5. The van der Waals surface area contributed by atoms with Gasteiger partial charge in [0.15, 0.2) is 0 Å². The fourth-order valence-corrected chi connectivity index (χ4v) is 4.21. The van der Waals surface area contributed by atoms with Gasteiger partial charge in [-0.05, 0) is 24.5 Å². The molecule has 1 heterocycles. The first-order chi connectivity index (χ1) is 8.48. The molecule has 1 aromatic rings. The van der Waals surface area contributed by atoms with E-state index in [0.717, 1.165) is 5.56 Å². The topological polar surface area (TPSA) is 43.4 Å². The van der Waals surface area contributed by atoms with Crippen LogP contribution in [0.5, 0.6) is 0 Å². The highest BCUT2D eigenvalue weighted by Crippen LogP contribution is 2.29. The van der Waals surface area contributed by atoms with Crippen LogP contribution in [0.3, 0.4) is 0 Å². The summed E-state index contributed by atoms with van der Waals surface area (Å²) in [7, 11) is 1.94. The summed E-state index contributed by atoms with van der Waals surface area (Å²) in [4.78, 5) is 0. The van der Waals surface area contributed by atoms with Gasteiger partial charge in [0.1, 0.15) is 0 Å². The van der Waals surface area contributed by atoms with Crippen LogP contribution in [0.15, 0.2) is 24.3 Å². The van der Waals surface area contributed by atoms with Crippen molar-refractivity contribution in [3.05, 3.63) is 34.9 Å². The number of benzene rings is 1. The molecule has 0 aromatic heterocycles. The van der Waals surface area contributed by atoms with Crippen LogP contribution >= 0.6 is 22.3 Å². The molecular weight excluding hydrogens is 295 g/mol. The average Bonchev–Trinajstić information content (AvgIpc) is 2.31. The summed E-state index contributed by atoms with van der Waals surface area (Å²) in [5.74, 6) is -0.138. The highest BCUT2D eigenvalue weighted by atomic mass is 35.7. The molecule has 0 N–H and O–H groups in total. The Morgan fingerprint density at radius 3 is 2.72 bits per heavy atom. The summed E-state index contributed by atoms with van der Waals surface area (Å²) >= 11 is 6.08. The minimum absolute atomic E-state index is 0.138. The van der Waals surface area contributed by atoms with E-state index in [1.807, 2.05) is 18.2 Å². The Bertz CT molecular complexity index is 516. The molecule has 3 nitrogen and oxygen atoms in total. The summed E-state index contributed by atoms with van der Waals surface area (Å²) in [6.45, 7) is 0.845. The molecule has 0 unspecified atom stereocenters. The number of hydrogen-bond acceptors (Lipinski definition) is 3. The van der Waals surface area contributed by atoms with Gasteiger partial charge in [0.2, 0.25) is 9.05 Å². The maximum Gasteiger partial charge on any atom is 0.235 e. The van der Waals surface area contributed by atoms with Gasteiger partial charge in [-0.2, -0.15) is 0 Å². The first-order valence-corrected chi connectivity index (χ1v) is 8.48. The van der Waals surface area contributed by atoms with Gasteiger partial charge in [0.05, 0.1) is 11.9 Å². The largest absolute Gasteiger partial charge is 0.381 e. The number of halogens is 2. The Labute approximate surface area is 116 Å². The molecule has 1 saturated heterocycles. The second-order valence-corrected chi connectivity index (χ2v) is 7.69. The second kappa shape index (κ2) is 5.78. The average molecular weight is 309 g/mol. The molecule has 100 valence electrons. The van der Waals surface area contributed by atoms with Crippen LogP contribution in [0.1, 0.15) is 12.0 Å². The van der Waals surface area contributed by atoms with Crippen LogP contribution in [0.4, 0.5) is 0 Å².